The zero-order valence-electron chi connectivity index (χ0n) is 11.8. The minimum Gasteiger partial charge on any atom is -0.436 e. The number of amides is 1. The SMILES string of the molecule is Cc1nc(C)c(C(=O)N(c2ccc(Br)cn2)C(C)C)o1. The highest BCUT2D eigenvalue weighted by Crippen LogP contribution is 2.21. The quantitative estimate of drug-likeness (QED) is 0.859. The summed E-state index contributed by atoms with van der Waals surface area (Å²) >= 11 is 3.33. The Morgan fingerprint density at radius 3 is 2.50 bits per heavy atom. The molecule has 2 aromatic rings. The molecule has 0 aliphatic heterocycles. The van der Waals surface area contributed by atoms with Crippen LogP contribution in [0.15, 0.2) is 27.2 Å². The summed E-state index contributed by atoms with van der Waals surface area (Å²) in [6.07, 6.45) is 1.66. The average molecular weight is 338 g/mol. The van der Waals surface area contributed by atoms with Gasteiger partial charge in [-0.05, 0) is 48.8 Å². The number of hydrogen-bond acceptors (Lipinski definition) is 4. The Labute approximate surface area is 126 Å². The Morgan fingerprint density at radius 1 is 1.35 bits per heavy atom. The van der Waals surface area contributed by atoms with Gasteiger partial charge in [0.25, 0.3) is 5.91 Å². The summed E-state index contributed by atoms with van der Waals surface area (Å²) in [5.74, 6) is 1.11. The van der Waals surface area contributed by atoms with Crippen molar-refractivity contribution in [1.29, 1.82) is 0 Å². The van der Waals surface area contributed by atoms with Gasteiger partial charge in [-0.1, -0.05) is 0 Å². The number of halogens is 1. The van der Waals surface area contributed by atoms with Crippen LogP contribution in [0.25, 0.3) is 0 Å². The van der Waals surface area contributed by atoms with Gasteiger partial charge in [0.2, 0.25) is 5.76 Å². The molecule has 0 aromatic carbocycles. The van der Waals surface area contributed by atoms with Crippen molar-refractivity contribution in [3.63, 3.8) is 0 Å². The number of aromatic nitrogens is 2. The van der Waals surface area contributed by atoms with E-state index in [4.69, 9.17) is 4.42 Å². The Kier molecular flexibility index (Phi) is 4.23. The van der Waals surface area contributed by atoms with Gasteiger partial charge in [0.15, 0.2) is 5.89 Å². The van der Waals surface area contributed by atoms with E-state index in [0.717, 1.165) is 4.47 Å². The van der Waals surface area contributed by atoms with Gasteiger partial charge < -0.3 is 4.42 Å². The Balaban J connectivity index is 2.41. The van der Waals surface area contributed by atoms with E-state index in [1.807, 2.05) is 19.9 Å². The number of carbonyl (C=O) groups is 1. The number of oxazole rings is 1. The van der Waals surface area contributed by atoms with E-state index in [-0.39, 0.29) is 17.7 Å². The first-order valence-corrected chi connectivity index (χ1v) is 7.08. The van der Waals surface area contributed by atoms with Crippen molar-refractivity contribution in [1.82, 2.24) is 9.97 Å². The van der Waals surface area contributed by atoms with Crippen molar-refractivity contribution >= 4 is 27.7 Å². The van der Waals surface area contributed by atoms with Crippen molar-refractivity contribution in [2.45, 2.75) is 33.7 Å². The number of rotatable bonds is 3. The maximum Gasteiger partial charge on any atom is 0.297 e. The molecule has 2 rings (SSSR count). The molecule has 0 saturated heterocycles. The predicted molar refractivity (Wildman–Crippen MR) is 79.9 cm³/mol. The third kappa shape index (κ3) is 2.90. The van der Waals surface area contributed by atoms with E-state index >= 15 is 0 Å². The second kappa shape index (κ2) is 5.75. The molecule has 106 valence electrons. The van der Waals surface area contributed by atoms with E-state index in [1.165, 1.54) is 0 Å². The van der Waals surface area contributed by atoms with Gasteiger partial charge in [-0.15, -0.1) is 0 Å². The zero-order valence-corrected chi connectivity index (χ0v) is 13.4. The first-order valence-electron chi connectivity index (χ1n) is 6.29. The Hall–Kier alpha value is -1.69. The van der Waals surface area contributed by atoms with Gasteiger partial charge in [0.05, 0.1) is 5.69 Å². The molecular formula is C14H16BrN3O2. The molecule has 20 heavy (non-hydrogen) atoms. The Bertz CT molecular complexity index is 620. The molecular weight excluding hydrogens is 322 g/mol. The second-order valence-corrected chi connectivity index (χ2v) is 5.67. The lowest BCUT2D eigenvalue weighted by Gasteiger charge is -2.24. The van der Waals surface area contributed by atoms with Crippen LogP contribution in [-0.4, -0.2) is 21.9 Å². The van der Waals surface area contributed by atoms with Crippen LogP contribution in [-0.2, 0) is 0 Å². The highest BCUT2D eigenvalue weighted by molar-refractivity contribution is 9.10. The molecule has 0 unspecified atom stereocenters. The molecule has 0 N–H and O–H groups in total. The minimum absolute atomic E-state index is 0.0408. The third-order valence-corrected chi connectivity index (χ3v) is 3.26. The van der Waals surface area contributed by atoms with Gasteiger partial charge in [0.1, 0.15) is 5.82 Å². The molecule has 0 spiro atoms. The van der Waals surface area contributed by atoms with E-state index in [9.17, 15) is 4.79 Å². The molecule has 0 aliphatic rings. The van der Waals surface area contributed by atoms with E-state index in [2.05, 4.69) is 25.9 Å². The summed E-state index contributed by atoms with van der Waals surface area (Å²) in [5, 5.41) is 0. The number of nitrogens with zero attached hydrogens (tertiary/aromatic N) is 3. The van der Waals surface area contributed by atoms with Crippen LogP contribution in [0.1, 0.15) is 36.0 Å². The van der Waals surface area contributed by atoms with E-state index in [0.29, 0.717) is 17.4 Å². The van der Waals surface area contributed by atoms with Crippen LogP contribution in [0, 0.1) is 13.8 Å². The first-order chi connectivity index (χ1) is 9.40. The summed E-state index contributed by atoms with van der Waals surface area (Å²) in [6.45, 7) is 7.35. The number of aryl methyl sites for hydroxylation is 2. The van der Waals surface area contributed by atoms with Crippen LogP contribution < -0.4 is 4.90 Å². The molecule has 5 nitrogen and oxygen atoms in total. The number of anilines is 1. The van der Waals surface area contributed by atoms with Crippen molar-refractivity contribution in [3.05, 3.63) is 40.1 Å². The van der Waals surface area contributed by atoms with Crippen LogP contribution in [0.5, 0.6) is 0 Å². The fourth-order valence-corrected chi connectivity index (χ4v) is 2.19. The van der Waals surface area contributed by atoms with Crippen molar-refractivity contribution in [3.8, 4) is 0 Å². The fourth-order valence-electron chi connectivity index (χ4n) is 1.95. The largest absolute Gasteiger partial charge is 0.436 e. The maximum atomic E-state index is 12.6. The highest BCUT2D eigenvalue weighted by atomic mass is 79.9. The third-order valence-electron chi connectivity index (χ3n) is 2.79. The summed E-state index contributed by atoms with van der Waals surface area (Å²) in [7, 11) is 0. The summed E-state index contributed by atoms with van der Waals surface area (Å²) in [6, 6.07) is 3.60. The predicted octanol–water partition coefficient (Wildman–Crippen LogP) is 3.50. The van der Waals surface area contributed by atoms with E-state index < -0.39 is 0 Å². The topological polar surface area (TPSA) is 59.2 Å². The van der Waals surface area contributed by atoms with Crippen LogP contribution in [0.3, 0.4) is 0 Å². The van der Waals surface area contributed by atoms with Gasteiger partial charge >= 0.3 is 0 Å². The molecule has 0 radical (unpaired) electrons. The molecule has 2 heterocycles. The van der Waals surface area contributed by atoms with Crippen LogP contribution in [0.2, 0.25) is 0 Å². The normalized spacial score (nSPS) is 10.9. The number of hydrogen-bond donors (Lipinski definition) is 0. The lowest BCUT2D eigenvalue weighted by Crippen LogP contribution is -2.37. The molecule has 0 fully saturated rings. The minimum atomic E-state index is -0.229. The molecule has 0 bridgehead atoms. The molecule has 2 aromatic heterocycles. The number of carbonyl (C=O) groups excluding carboxylic acids is 1. The number of pyridine rings is 1. The Morgan fingerprint density at radius 2 is 2.05 bits per heavy atom. The molecule has 0 atom stereocenters. The maximum absolute atomic E-state index is 12.6. The van der Waals surface area contributed by atoms with Crippen LogP contribution in [0.4, 0.5) is 5.82 Å². The van der Waals surface area contributed by atoms with Crippen LogP contribution >= 0.6 is 15.9 Å². The van der Waals surface area contributed by atoms with Crippen molar-refractivity contribution < 1.29 is 9.21 Å². The summed E-state index contributed by atoms with van der Waals surface area (Å²) in [5.41, 5.74) is 0.593. The summed E-state index contributed by atoms with van der Waals surface area (Å²) < 4.78 is 6.28. The van der Waals surface area contributed by atoms with Crippen molar-refractivity contribution in [2.24, 2.45) is 0 Å². The second-order valence-electron chi connectivity index (χ2n) is 4.75. The fraction of sp³-hybridized carbons (Fsp3) is 0.357. The highest BCUT2D eigenvalue weighted by Gasteiger charge is 2.26. The molecule has 6 heteroatoms. The summed E-state index contributed by atoms with van der Waals surface area (Å²) in [4.78, 5) is 22.7. The molecule has 0 saturated carbocycles. The lowest BCUT2D eigenvalue weighted by molar-refractivity contribution is 0.0950. The standard InChI is InChI=1S/C14H16BrN3O2/c1-8(2)18(12-6-5-11(15)7-16-12)14(19)13-9(3)17-10(4)20-13/h5-8H,1-4H3. The average Bonchev–Trinajstić information content (AvgIpc) is 2.70. The van der Waals surface area contributed by atoms with Crippen molar-refractivity contribution in [2.75, 3.05) is 4.90 Å². The van der Waals surface area contributed by atoms with Gasteiger partial charge in [-0.2, -0.15) is 0 Å². The van der Waals surface area contributed by atoms with Gasteiger partial charge in [-0.3, -0.25) is 9.69 Å². The smallest absolute Gasteiger partial charge is 0.297 e. The van der Waals surface area contributed by atoms with Gasteiger partial charge in [-0.25, -0.2) is 9.97 Å². The molecule has 1 amide bonds. The molecule has 0 aliphatic carbocycles. The lowest BCUT2D eigenvalue weighted by atomic mass is 10.2. The monoisotopic (exact) mass is 337 g/mol. The first kappa shape index (κ1) is 14.7. The zero-order chi connectivity index (χ0) is 14.9. The van der Waals surface area contributed by atoms with E-state index in [1.54, 1.807) is 31.0 Å². The van der Waals surface area contributed by atoms with Gasteiger partial charge in [0, 0.05) is 23.6 Å².